The van der Waals surface area contributed by atoms with Crippen molar-refractivity contribution in [3.8, 4) is 5.75 Å². The summed E-state index contributed by atoms with van der Waals surface area (Å²) in [7, 11) is 0. The van der Waals surface area contributed by atoms with E-state index in [1.807, 2.05) is 0 Å². The zero-order valence-corrected chi connectivity index (χ0v) is 7.27. The first-order valence-electron chi connectivity index (χ1n) is 4.38. The number of rotatable bonds is 2. The third-order valence-corrected chi connectivity index (χ3v) is 2.56. The molecule has 0 radical (unpaired) electrons. The van der Waals surface area contributed by atoms with E-state index < -0.39 is 11.6 Å². The van der Waals surface area contributed by atoms with E-state index in [0.29, 0.717) is 5.56 Å². The van der Waals surface area contributed by atoms with Gasteiger partial charge >= 0.3 is 0 Å². The molecule has 70 valence electrons. The molecule has 1 fully saturated rings. The second kappa shape index (κ2) is 2.72. The smallest absolute Gasteiger partial charge is 0.115 e. The predicted molar refractivity (Wildman–Crippen MR) is 49.2 cm³/mol. The molecule has 1 aromatic carbocycles. The molecule has 0 heterocycles. The van der Waals surface area contributed by atoms with Gasteiger partial charge in [0.15, 0.2) is 0 Å². The lowest BCUT2D eigenvalue weighted by atomic mass is 10.0. The summed E-state index contributed by atoms with van der Waals surface area (Å²) < 4.78 is 0. The summed E-state index contributed by atoms with van der Waals surface area (Å²) in [6.45, 7) is 0. The largest absolute Gasteiger partial charge is 0.508 e. The number of aliphatic hydroxyl groups is 1. The van der Waals surface area contributed by atoms with E-state index in [0.717, 1.165) is 12.8 Å². The summed E-state index contributed by atoms with van der Waals surface area (Å²) in [6, 6.07) is 6.61. The number of phenolic OH excluding ortho intramolecular Hbond substituents is 1. The molecule has 0 amide bonds. The van der Waals surface area contributed by atoms with Crippen molar-refractivity contribution in [2.75, 3.05) is 0 Å². The molecule has 1 atom stereocenters. The minimum absolute atomic E-state index is 0.167. The van der Waals surface area contributed by atoms with E-state index in [1.54, 1.807) is 24.3 Å². The summed E-state index contributed by atoms with van der Waals surface area (Å²) in [5.41, 5.74) is 6.08. The highest BCUT2D eigenvalue weighted by atomic mass is 16.3. The Morgan fingerprint density at radius 3 is 2.62 bits per heavy atom. The van der Waals surface area contributed by atoms with Crippen LogP contribution in [0.15, 0.2) is 24.3 Å². The third kappa shape index (κ3) is 1.53. The van der Waals surface area contributed by atoms with E-state index in [9.17, 15) is 10.2 Å². The second-order valence-corrected chi connectivity index (χ2v) is 3.73. The summed E-state index contributed by atoms with van der Waals surface area (Å²) >= 11 is 0. The van der Waals surface area contributed by atoms with Crippen LogP contribution < -0.4 is 5.73 Å². The standard InChI is InChI=1S/C10H13NO2/c11-10(4-5-10)9(13)7-2-1-3-8(12)6-7/h1-3,6,9,12-13H,4-5,11H2. The maximum Gasteiger partial charge on any atom is 0.115 e. The van der Waals surface area contributed by atoms with Gasteiger partial charge in [0.25, 0.3) is 0 Å². The summed E-state index contributed by atoms with van der Waals surface area (Å²) in [5.74, 6) is 0.167. The number of hydrogen-bond donors (Lipinski definition) is 3. The van der Waals surface area contributed by atoms with Gasteiger partial charge in [-0.25, -0.2) is 0 Å². The van der Waals surface area contributed by atoms with Crippen LogP contribution >= 0.6 is 0 Å². The maximum absolute atomic E-state index is 9.81. The molecule has 3 heteroatoms. The minimum Gasteiger partial charge on any atom is -0.508 e. The fourth-order valence-corrected chi connectivity index (χ4v) is 1.44. The Morgan fingerprint density at radius 2 is 2.08 bits per heavy atom. The Morgan fingerprint density at radius 1 is 1.38 bits per heavy atom. The molecule has 1 saturated carbocycles. The van der Waals surface area contributed by atoms with Crippen molar-refractivity contribution in [1.82, 2.24) is 0 Å². The average molecular weight is 179 g/mol. The van der Waals surface area contributed by atoms with Gasteiger partial charge in [0.05, 0.1) is 6.10 Å². The van der Waals surface area contributed by atoms with E-state index in [1.165, 1.54) is 0 Å². The van der Waals surface area contributed by atoms with Gasteiger partial charge in [0.1, 0.15) is 5.75 Å². The van der Waals surface area contributed by atoms with Crippen LogP contribution in [0.4, 0.5) is 0 Å². The molecule has 1 aliphatic carbocycles. The lowest BCUT2D eigenvalue weighted by molar-refractivity contribution is 0.136. The average Bonchev–Trinajstić information content (AvgIpc) is 2.84. The van der Waals surface area contributed by atoms with Crippen LogP contribution in [0.25, 0.3) is 0 Å². The summed E-state index contributed by atoms with van der Waals surface area (Å²) in [6.07, 6.45) is 1.05. The highest BCUT2D eigenvalue weighted by Gasteiger charge is 2.45. The van der Waals surface area contributed by atoms with Gasteiger partial charge in [-0.2, -0.15) is 0 Å². The number of benzene rings is 1. The van der Waals surface area contributed by atoms with Crippen molar-refractivity contribution < 1.29 is 10.2 Å². The van der Waals surface area contributed by atoms with Gasteiger partial charge in [-0.3, -0.25) is 0 Å². The highest BCUT2D eigenvalue weighted by Crippen LogP contribution is 2.43. The van der Waals surface area contributed by atoms with Crippen LogP contribution in [-0.4, -0.2) is 15.8 Å². The Balaban J connectivity index is 2.25. The van der Waals surface area contributed by atoms with Crippen LogP contribution in [0.5, 0.6) is 5.75 Å². The monoisotopic (exact) mass is 179 g/mol. The van der Waals surface area contributed by atoms with E-state index in [2.05, 4.69) is 0 Å². The minimum atomic E-state index is -0.653. The second-order valence-electron chi connectivity index (χ2n) is 3.73. The molecule has 1 aliphatic rings. The quantitative estimate of drug-likeness (QED) is 0.632. The number of hydrogen-bond acceptors (Lipinski definition) is 3. The highest BCUT2D eigenvalue weighted by molar-refractivity contribution is 5.31. The molecule has 13 heavy (non-hydrogen) atoms. The lowest BCUT2D eigenvalue weighted by Crippen LogP contribution is -2.30. The maximum atomic E-state index is 9.81. The van der Waals surface area contributed by atoms with Crippen molar-refractivity contribution >= 4 is 0 Å². The molecule has 1 unspecified atom stereocenters. The van der Waals surface area contributed by atoms with Crippen LogP contribution in [0.3, 0.4) is 0 Å². The van der Waals surface area contributed by atoms with Crippen molar-refractivity contribution in [1.29, 1.82) is 0 Å². The van der Waals surface area contributed by atoms with Gasteiger partial charge in [0, 0.05) is 5.54 Å². The van der Waals surface area contributed by atoms with Gasteiger partial charge in [-0.05, 0) is 30.5 Å². The normalized spacial score (nSPS) is 21.1. The molecule has 0 bridgehead atoms. The topological polar surface area (TPSA) is 66.5 Å². The van der Waals surface area contributed by atoms with E-state index in [-0.39, 0.29) is 5.75 Å². The zero-order valence-electron chi connectivity index (χ0n) is 7.27. The number of aromatic hydroxyl groups is 1. The molecular weight excluding hydrogens is 166 g/mol. The van der Waals surface area contributed by atoms with Crippen molar-refractivity contribution in [2.24, 2.45) is 5.73 Å². The predicted octanol–water partition coefficient (Wildman–Crippen LogP) is 0.917. The van der Waals surface area contributed by atoms with Gasteiger partial charge in [-0.1, -0.05) is 12.1 Å². The Kier molecular flexibility index (Phi) is 1.78. The summed E-state index contributed by atoms with van der Waals surface area (Å²) in [4.78, 5) is 0. The molecule has 0 aromatic heterocycles. The molecular formula is C10H13NO2. The Labute approximate surface area is 76.8 Å². The lowest BCUT2D eigenvalue weighted by Gasteiger charge is -2.17. The van der Waals surface area contributed by atoms with Gasteiger partial charge in [0.2, 0.25) is 0 Å². The Bertz CT molecular complexity index is 320. The van der Waals surface area contributed by atoms with Crippen LogP contribution in [-0.2, 0) is 0 Å². The number of nitrogens with two attached hydrogens (primary N) is 1. The van der Waals surface area contributed by atoms with Crippen molar-refractivity contribution in [2.45, 2.75) is 24.5 Å². The zero-order chi connectivity index (χ0) is 9.47. The molecule has 4 N–H and O–H groups in total. The van der Waals surface area contributed by atoms with E-state index in [4.69, 9.17) is 5.73 Å². The first kappa shape index (κ1) is 8.53. The van der Waals surface area contributed by atoms with Crippen LogP contribution in [0.1, 0.15) is 24.5 Å². The molecule has 0 spiro atoms. The van der Waals surface area contributed by atoms with Crippen molar-refractivity contribution in [3.05, 3.63) is 29.8 Å². The van der Waals surface area contributed by atoms with Crippen LogP contribution in [0, 0.1) is 0 Å². The fourth-order valence-electron chi connectivity index (χ4n) is 1.44. The molecule has 0 aliphatic heterocycles. The molecule has 3 nitrogen and oxygen atoms in total. The fraction of sp³-hybridized carbons (Fsp3) is 0.400. The van der Waals surface area contributed by atoms with E-state index >= 15 is 0 Å². The molecule has 0 saturated heterocycles. The first-order valence-corrected chi connectivity index (χ1v) is 4.38. The number of phenols is 1. The van der Waals surface area contributed by atoms with Crippen molar-refractivity contribution in [3.63, 3.8) is 0 Å². The first-order chi connectivity index (χ1) is 6.12. The SMILES string of the molecule is NC1(C(O)c2cccc(O)c2)CC1. The molecule has 1 aromatic rings. The molecule has 2 rings (SSSR count). The number of aliphatic hydroxyl groups excluding tert-OH is 1. The van der Waals surface area contributed by atoms with Crippen LogP contribution in [0.2, 0.25) is 0 Å². The van der Waals surface area contributed by atoms with Gasteiger partial charge < -0.3 is 15.9 Å². The Hall–Kier alpha value is -1.06. The third-order valence-electron chi connectivity index (χ3n) is 2.56. The van der Waals surface area contributed by atoms with Gasteiger partial charge in [-0.15, -0.1) is 0 Å². The summed E-state index contributed by atoms with van der Waals surface area (Å²) in [5, 5.41) is 19.0.